The van der Waals surface area contributed by atoms with Crippen LogP contribution in [0.15, 0.2) is 0 Å². The predicted octanol–water partition coefficient (Wildman–Crippen LogP) is 0.738. The van der Waals surface area contributed by atoms with Crippen LogP contribution in [-0.4, -0.2) is 25.2 Å². The molecule has 9 heavy (non-hydrogen) atoms. The van der Waals surface area contributed by atoms with E-state index in [1.807, 2.05) is 0 Å². The Labute approximate surface area is 70.4 Å². The van der Waals surface area contributed by atoms with Crippen molar-refractivity contribution < 1.29 is 20.4 Å². The summed E-state index contributed by atoms with van der Waals surface area (Å²) in [5.41, 5.74) is 0. The first-order valence-corrected chi connectivity index (χ1v) is 3.18. The summed E-state index contributed by atoms with van der Waals surface area (Å²) in [6.45, 7) is 6.38. The molecule has 1 radical (unpaired) electrons. The third kappa shape index (κ3) is 3.32. The van der Waals surface area contributed by atoms with Crippen molar-refractivity contribution >= 4 is 0 Å². The summed E-state index contributed by atoms with van der Waals surface area (Å²) >= 11 is 0. The second-order valence-electron chi connectivity index (χ2n) is 2.61. The molecule has 0 atom stereocenters. The maximum Gasteiger partial charge on any atom is 0.00115 e. The molecule has 1 aliphatic heterocycles. The van der Waals surface area contributed by atoms with Crippen molar-refractivity contribution in [2.24, 2.45) is 0 Å². The molecule has 3 heteroatoms. The topological polar surface area (TPSA) is 26.1 Å². The van der Waals surface area contributed by atoms with E-state index in [-0.39, 0.29) is 20.4 Å². The monoisotopic (exact) mass is 300 g/mol. The first kappa shape index (κ1) is 9.58. The van der Waals surface area contributed by atoms with Crippen molar-refractivity contribution in [2.75, 3.05) is 13.1 Å². The maximum absolute atomic E-state index is 4.09. The van der Waals surface area contributed by atoms with Crippen LogP contribution >= 0.6 is 0 Å². The van der Waals surface area contributed by atoms with Crippen LogP contribution in [0.1, 0.15) is 13.8 Å². The predicted molar refractivity (Wildman–Crippen MR) is 35.2 cm³/mol. The third-order valence-electron chi connectivity index (χ3n) is 1.27. The molecule has 0 amide bonds. The van der Waals surface area contributed by atoms with Crippen molar-refractivity contribution in [1.82, 2.24) is 5.32 Å². The van der Waals surface area contributed by atoms with E-state index in [2.05, 4.69) is 24.5 Å². The fourth-order valence-electron chi connectivity index (χ4n) is 0.835. The fraction of sp³-hybridized carbons (Fsp3) is 1.00. The molecule has 1 N–H and O–H groups in total. The van der Waals surface area contributed by atoms with Gasteiger partial charge in [-0.15, -0.1) is 13.1 Å². The average molecular weight is 299 g/mol. The maximum atomic E-state index is 4.09. The first-order chi connectivity index (χ1) is 3.79. The number of hydrogen-bond acceptors (Lipinski definition) is 1. The van der Waals surface area contributed by atoms with E-state index in [0.29, 0.717) is 12.1 Å². The van der Waals surface area contributed by atoms with E-state index in [9.17, 15) is 0 Å². The zero-order valence-corrected chi connectivity index (χ0v) is 8.61. The molecule has 0 saturated carbocycles. The second-order valence-corrected chi connectivity index (χ2v) is 2.61. The molecule has 0 aliphatic carbocycles. The molecule has 0 aromatic rings. The number of nitrogens with one attached hydrogen (secondary N) is 1. The number of hydrogen-bond donors (Lipinski definition) is 1. The summed E-state index contributed by atoms with van der Waals surface area (Å²) < 4.78 is 0. The third-order valence-corrected chi connectivity index (χ3v) is 1.27. The molecule has 0 aromatic heterocycles. The molecule has 0 bridgehead atoms. The van der Waals surface area contributed by atoms with E-state index in [1.54, 1.807) is 0 Å². The van der Waals surface area contributed by atoms with E-state index >= 15 is 0 Å². The normalized spacial score (nSPS) is 19.0. The number of rotatable bonds is 2. The summed E-state index contributed by atoms with van der Waals surface area (Å²) in [6.07, 6.45) is 0. The van der Waals surface area contributed by atoms with Gasteiger partial charge in [-0.05, 0) is 6.04 Å². The van der Waals surface area contributed by atoms with Gasteiger partial charge in [0.1, 0.15) is 0 Å². The Morgan fingerprint density at radius 3 is 2.11 bits per heavy atom. The van der Waals surface area contributed by atoms with Gasteiger partial charge in [0.2, 0.25) is 0 Å². The second kappa shape index (κ2) is 4.41. The van der Waals surface area contributed by atoms with Crippen molar-refractivity contribution in [3.63, 3.8) is 0 Å². The quantitative estimate of drug-likeness (QED) is 0.800. The van der Waals surface area contributed by atoms with Crippen LogP contribution in [-0.2, 0) is 20.4 Å². The Morgan fingerprint density at radius 1 is 1.44 bits per heavy atom. The molecule has 55 valence electrons. The van der Waals surface area contributed by atoms with Crippen molar-refractivity contribution in [3.8, 4) is 0 Å². The van der Waals surface area contributed by atoms with Crippen LogP contribution in [0.5, 0.6) is 0 Å². The van der Waals surface area contributed by atoms with Gasteiger partial charge >= 0.3 is 0 Å². The van der Waals surface area contributed by atoms with Gasteiger partial charge in [-0.2, -0.15) is 0 Å². The number of nitrogens with zero attached hydrogens (tertiary/aromatic N) is 1. The zero-order chi connectivity index (χ0) is 5.98. The Morgan fingerprint density at radius 2 is 2.00 bits per heavy atom. The van der Waals surface area contributed by atoms with Crippen molar-refractivity contribution in [1.29, 1.82) is 0 Å². The van der Waals surface area contributed by atoms with Crippen molar-refractivity contribution in [3.05, 3.63) is 5.32 Å². The first-order valence-electron chi connectivity index (χ1n) is 3.18. The minimum absolute atomic E-state index is 0. The summed E-state index contributed by atoms with van der Waals surface area (Å²) in [7, 11) is 0. The van der Waals surface area contributed by atoms with Crippen LogP contribution in [0.3, 0.4) is 0 Å². The molecule has 0 aromatic carbocycles. The van der Waals surface area contributed by atoms with Gasteiger partial charge < -0.3 is 10.6 Å². The van der Waals surface area contributed by atoms with E-state index in [0.717, 1.165) is 13.1 Å². The molecule has 1 heterocycles. The summed E-state index contributed by atoms with van der Waals surface area (Å²) in [4.78, 5) is 0. The minimum atomic E-state index is 0. The standard InChI is InChI=1S/C6H13N2.Re/c1-5(2)8-6-3-7-4-6;/h5-6,8H,3-4H2,1-2H3;/q-1;. The van der Waals surface area contributed by atoms with Crippen LogP contribution in [0, 0.1) is 0 Å². The van der Waals surface area contributed by atoms with Crippen LogP contribution < -0.4 is 5.32 Å². The summed E-state index contributed by atoms with van der Waals surface area (Å²) in [6, 6.07) is 1.31. The van der Waals surface area contributed by atoms with Gasteiger partial charge in [0.05, 0.1) is 0 Å². The van der Waals surface area contributed by atoms with Gasteiger partial charge in [-0.25, -0.2) is 0 Å². The largest absolute Gasteiger partial charge is 0.660 e. The molecule has 2 nitrogen and oxygen atoms in total. The van der Waals surface area contributed by atoms with Gasteiger partial charge in [-0.3, -0.25) is 0 Å². The Hall–Kier alpha value is 0.582. The molecule has 1 rings (SSSR count). The molecular formula is C6H13N2Re-. The van der Waals surface area contributed by atoms with Gasteiger partial charge in [0.25, 0.3) is 0 Å². The molecule has 1 saturated heterocycles. The fourth-order valence-corrected chi connectivity index (χ4v) is 0.835. The minimum Gasteiger partial charge on any atom is -0.660 e. The Balaban J connectivity index is 0.000000640. The summed E-state index contributed by atoms with van der Waals surface area (Å²) in [5, 5.41) is 7.47. The van der Waals surface area contributed by atoms with E-state index in [1.165, 1.54) is 0 Å². The van der Waals surface area contributed by atoms with Gasteiger partial charge in [-0.1, -0.05) is 13.8 Å². The SMILES string of the molecule is CC(C)NC1C[N-]C1.[Re]. The molecule has 0 spiro atoms. The smallest absolute Gasteiger partial charge is 0.00115 e. The van der Waals surface area contributed by atoms with Gasteiger partial charge in [0.15, 0.2) is 0 Å². The van der Waals surface area contributed by atoms with Crippen molar-refractivity contribution in [2.45, 2.75) is 25.9 Å². The zero-order valence-electron chi connectivity index (χ0n) is 5.89. The Bertz CT molecular complexity index is 71.5. The molecule has 0 unspecified atom stereocenters. The molecule has 1 fully saturated rings. The van der Waals surface area contributed by atoms with Gasteiger partial charge in [0, 0.05) is 26.5 Å². The average Bonchev–Trinajstić information content (AvgIpc) is 1.55. The Kier molecular flexibility index (Phi) is 4.69. The molecular weight excluding hydrogens is 286 g/mol. The van der Waals surface area contributed by atoms with E-state index in [4.69, 9.17) is 0 Å². The molecule has 1 aliphatic rings. The summed E-state index contributed by atoms with van der Waals surface area (Å²) in [5.74, 6) is 0. The van der Waals surface area contributed by atoms with Crippen LogP contribution in [0.25, 0.3) is 5.32 Å². The van der Waals surface area contributed by atoms with Crippen LogP contribution in [0.4, 0.5) is 0 Å². The van der Waals surface area contributed by atoms with E-state index < -0.39 is 0 Å². The van der Waals surface area contributed by atoms with Crippen LogP contribution in [0.2, 0.25) is 0 Å².